The van der Waals surface area contributed by atoms with Gasteiger partial charge in [-0.25, -0.2) is 13.2 Å². The first-order valence-corrected chi connectivity index (χ1v) is 10.2. The van der Waals surface area contributed by atoms with E-state index in [1.54, 1.807) is 0 Å². The summed E-state index contributed by atoms with van der Waals surface area (Å²) in [4.78, 5) is 24.7. The monoisotopic (exact) mass is 339 g/mol. The molecular formula is C11H17NO5S3. The van der Waals surface area contributed by atoms with E-state index in [0.29, 0.717) is 12.2 Å². The highest BCUT2D eigenvalue weighted by atomic mass is 32.2. The second-order valence-electron chi connectivity index (χ2n) is 4.92. The van der Waals surface area contributed by atoms with Crippen molar-refractivity contribution in [3.8, 4) is 0 Å². The Morgan fingerprint density at radius 1 is 1.45 bits per heavy atom. The number of sulfone groups is 1. The summed E-state index contributed by atoms with van der Waals surface area (Å²) in [6.07, 6.45) is 0.576. The van der Waals surface area contributed by atoms with Crippen LogP contribution < -0.4 is 0 Å². The average Bonchev–Trinajstić information content (AvgIpc) is 2.89. The predicted molar refractivity (Wildman–Crippen MR) is 79.7 cm³/mol. The van der Waals surface area contributed by atoms with Gasteiger partial charge in [-0.1, -0.05) is 0 Å². The van der Waals surface area contributed by atoms with E-state index in [1.165, 1.54) is 28.4 Å². The first-order valence-electron chi connectivity index (χ1n) is 6.28. The zero-order chi connectivity index (χ0) is 14.9. The van der Waals surface area contributed by atoms with Gasteiger partial charge in [-0.05, 0) is 13.3 Å². The smallest absolute Gasteiger partial charge is 0.327 e. The lowest BCUT2D eigenvalue weighted by molar-refractivity contribution is -0.147. The van der Waals surface area contributed by atoms with Crippen molar-refractivity contribution in [2.45, 2.75) is 30.0 Å². The maximum Gasteiger partial charge on any atom is 0.327 e. The van der Waals surface area contributed by atoms with Crippen molar-refractivity contribution in [2.75, 3.05) is 23.0 Å². The van der Waals surface area contributed by atoms with Crippen LogP contribution >= 0.6 is 23.5 Å². The fourth-order valence-electron chi connectivity index (χ4n) is 2.37. The molecule has 1 amide bonds. The molecule has 2 saturated heterocycles. The van der Waals surface area contributed by atoms with Crippen LogP contribution in [0, 0.1) is 0 Å². The van der Waals surface area contributed by atoms with Gasteiger partial charge in [0.15, 0.2) is 9.84 Å². The maximum atomic E-state index is 12.2. The molecule has 3 atom stereocenters. The van der Waals surface area contributed by atoms with Crippen LogP contribution in [0.4, 0.5) is 0 Å². The van der Waals surface area contributed by atoms with Crippen molar-refractivity contribution in [3.05, 3.63) is 0 Å². The van der Waals surface area contributed by atoms with Gasteiger partial charge < -0.3 is 10.0 Å². The van der Waals surface area contributed by atoms with Crippen LogP contribution in [0.5, 0.6) is 0 Å². The molecule has 2 rings (SSSR count). The molecule has 0 aromatic heterocycles. The van der Waals surface area contributed by atoms with Crippen LogP contribution in [0.15, 0.2) is 0 Å². The fraction of sp³-hybridized carbons (Fsp3) is 0.818. The van der Waals surface area contributed by atoms with Gasteiger partial charge in [0.1, 0.15) is 6.04 Å². The van der Waals surface area contributed by atoms with Crippen LogP contribution in [-0.2, 0) is 19.4 Å². The molecule has 6 nitrogen and oxygen atoms in total. The summed E-state index contributed by atoms with van der Waals surface area (Å²) >= 11 is 2.77. The van der Waals surface area contributed by atoms with E-state index in [4.69, 9.17) is 5.11 Å². The molecule has 2 heterocycles. The minimum absolute atomic E-state index is 0.0437. The second kappa shape index (κ2) is 6.15. The summed E-state index contributed by atoms with van der Waals surface area (Å²) < 4.78 is 22.7. The lowest BCUT2D eigenvalue weighted by atomic mass is 10.3. The molecule has 0 saturated carbocycles. The number of carbonyl (C=O) groups excluding carboxylic acids is 1. The highest BCUT2D eigenvalue weighted by molar-refractivity contribution is 8.02. The van der Waals surface area contributed by atoms with E-state index in [9.17, 15) is 18.0 Å². The van der Waals surface area contributed by atoms with Crippen LogP contribution in [0.25, 0.3) is 0 Å². The van der Waals surface area contributed by atoms with Gasteiger partial charge in [-0.3, -0.25) is 4.79 Å². The van der Waals surface area contributed by atoms with Gasteiger partial charge in [0.05, 0.1) is 22.6 Å². The summed E-state index contributed by atoms with van der Waals surface area (Å²) in [6.45, 7) is 1.82. The molecule has 1 N–H and O–H groups in total. The molecule has 2 aliphatic rings. The number of aliphatic carboxylic acids is 1. The SMILES string of the molecule is CC1SCC(C(=O)O)N1C(=O)CSC1CCS(=O)(=O)C1. The Bertz CT molecular complexity index is 506. The topological polar surface area (TPSA) is 91.8 Å². The lowest BCUT2D eigenvalue weighted by Gasteiger charge is -2.25. The van der Waals surface area contributed by atoms with Gasteiger partial charge in [-0.15, -0.1) is 23.5 Å². The minimum atomic E-state index is -2.94. The Morgan fingerprint density at radius 3 is 2.70 bits per heavy atom. The number of carbonyl (C=O) groups is 2. The summed E-state index contributed by atoms with van der Waals surface area (Å²) in [5, 5.41) is 8.92. The van der Waals surface area contributed by atoms with E-state index in [1.807, 2.05) is 6.92 Å². The van der Waals surface area contributed by atoms with Gasteiger partial charge in [-0.2, -0.15) is 0 Å². The van der Waals surface area contributed by atoms with E-state index < -0.39 is 21.8 Å². The van der Waals surface area contributed by atoms with Crippen LogP contribution in [0.1, 0.15) is 13.3 Å². The summed E-state index contributed by atoms with van der Waals surface area (Å²) in [7, 11) is -2.94. The second-order valence-corrected chi connectivity index (χ2v) is 9.79. The number of nitrogens with zero attached hydrogens (tertiary/aromatic N) is 1. The third-order valence-corrected chi connectivity index (χ3v) is 7.91. The zero-order valence-electron chi connectivity index (χ0n) is 11.0. The molecule has 2 aliphatic heterocycles. The number of thioether (sulfide) groups is 2. The van der Waals surface area contributed by atoms with Gasteiger partial charge in [0, 0.05) is 11.0 Å². The predicted octanol–water partition coefficient (Wildman–Crippen LogP) is 0.281. The third-order valence-electron chi connectivity index (χ3n) is 3.43. The summed E-state index contributed by atoms with van der Waals surface area (Å²) in [5.41, 5.74) is 0. The molecule has 0 bridgehead atoms. The van der Waals surface area contributed by atoms with Crippen molar-refractivity contribution < 1.29 is 23.1 Å². The number of hydrogen-bond acceptors (Lipinski definition) is 6. The van der Waals surface area contributed by atoms with Crippen LogP contribution in [-0.4, -0.2) is 70.0 Å². The van der Waals surface area contributed by atoms with E-state index in [0.717, 1.165) is 0 Å². The molecule has 2 fully saturated rings. The van der Waals surface area contributed by atoms with E-state index >= 15 is 0 Å². The molecular weight excluding hydrogens is 322 g/mol. The van der Waals surface area contributed by atoms with E-state index in [2.05, 4.69) is 0 Å². The molecule has 9 heteroatoms. The summed E-state index contributed by atoms with van der Waals surface area (Å²) in [5.74, 6) is -0.336. The molecule has 3 unspecified atom stereocenters. The number of rotatable bonds is 4. The highest BCUT2D eigenvalue weighted by Crippen LogP contribution is 2.31. The minimum Gasteiger partial charge on any atom is -0.480 e. The first-order chi connectivity index (χ1) is 9.30. The maximum absolute atomic E-state index is 12.2. The van der Waals surface area contributed by atoms with Crippen LogP contribution in [0.2, 0.25) is 0 Å². The lowest BCUT2D eigenvalue weighted by Crippen LogP contribution is -2.45. The zero-order valence-corrected chi connectivity index (χ0v) is 13.5. The normalized spacial score (nSPS) is 32.5. The largest absolute Gasteiger partial charge is 0.480 e. The molecule has 20 heavy (non-hydrogen) atoms. The highest BCUT2D eigenvalue weighted by Gasteiger charge is 2.39. The number of carboxylic acid groups (broad SMARTS) is 1. The standard InChI is InChI=1S/C11H17NO5S3/c1-7-12(9(4-18-7)11(14)15)10(13)5-19-8-2-3-20(16,17)6-8/h7-9H,2-6H2,1H3,(H,14,15). The van der Waals surface area contributed by atoms with Gasteiger partial charge in [0.25, 0.3) is 0 Å². The average molecular weight is 339 g/mol. The summed E-state index contributed by atoms with van der Waals surface area (Å²) in [6, 6.07) is -0.768. The first kappa shape index (κ1) is 16.0. The van der Waals surface area contributed by atoms with Crippen molar-refractivity contribution in [1.29, 1.82) is 0 Å². The van der Waals surface area contributed by atoms with Crippen molar-refractivity contribution in [1.82, 2.24) is 4.90 Å². The Kier molecular flexibility index (Phi) is 4.91. The van der Waals surface area contributed by atoms with Gasteiger partial charge >= 0.3 is 5.97 Å². The number of amides is 1. The molecule has 0 radical (unpaired) electrons. The number of carboxylic acids is 1. The van der Waals surface area contributed by atoms with E-state index in [-0.39, 0.29) is 33.8 Å². The Balaban J connectivity index is 1.90. The van der Waals surface area contributed by atoms with Gasteiger partial charge in [0.2, 0.25) is 5.91 Å². The fourth-order valence-corrected chi connectivity index (χ4v) is 7.07. The molecule has 0 aromatic carbocycles. The third kappa shape index (κ3) is 3.62. The van der Waals surface area contributed by atoms with Crippen molar-refractivity contribution >= 4 is 45.2 Å². The number of hydrogen-bond donors (Lipinski definition) is 1. The van der Waals surface area contributed by atoms with Crippen molar-refractivity contribution in [2.24, 2.45) is 0 Å². The Labute approximate surface area is 126 Å². The quantitative estimate of drug-likeness (QED) is 0.786. The molecule has 114 valence electrons. The van der Waals surface area contributed by atoms with Crippen LogP contribution in [0.3, 0.4) is 0 Å². The van der Waals surface area contributed by atoms with Crippen molar-refractivity contribution in [3.63, 3.8) is 0 Å². The molecule has 0 aliphatic carbocycles. The molecule has 0 spiro atoms. The molecule has 0 aromatic rings. The Hall–Kier alpha value is -0.410. The Morgan fingerprint density at radius 2 is 2.15 bits per heavy atom.